The molecule has 0 bridgehead atoms. The molecule has 1 unspecified atom stereocenters. The number of fused-ring (bicyclic) bond motifs is 1. The fourth-order valence-electron chi connectivity index (χ4n) is 2.50. The lowest BCUT2D eigenvalue weighted by atomic mass is 10.1. The largest absolute Gasteiger partial charge is 0.397 e. The number of hydrogen-bond donors (Lipinski definition) is 2. The van der Waals surface area contributed by atoms with Gasteiger partial charge in [-0.25, -0.2) is 0 Å². The minimum atomic E-state index is -0.136. The molecule has 2 aromatic heterocycles. The van der Waals surface area contributed by atoms with Crippen molar-refractivity contribution < 1.29 is 9.53 Å². The Morgan fingerprint density at radius 1 is 1.57 bits per heavy atom. The number of nitrogens with zero attached hydrogens (tertiary/aromatic N) is 2. The topological polar surface area (TPSA) is 82.2 Å². The van der Waals surface area contributed by atoms with Gasteiger partial charge in [0.1, 0.15) is 9.71 Å². The molecule has 1 amide bonds. The van der Waals surface area contributed by atoms with E-state index in [1.165, 1.54) is 11.3 Å². The Hall–Kier alpha value is -1.60. The summed E-state index contributed by atoms with van der Waals surface area (Å²) in [5.41, 5.74) is 7.51. The smallest absolute Gasteiger partial charge is 0.263 e. The van der Waals surface area contributed by atoms with Gasteiger partial charge in [0.25, 0.3) is 5.91 Å². The number of aromatic nitrogens is 2. The Bertz CT molecular complexity index is 641. The number of anilines is 1. The zero-order valence-corrected chi connectivity index (χ0v) is 13.7. The zero-order chi connectivity index (χ0) is 15.6. The predicted octanol–water partition coefficient (Wildman–Crippen LogP) is 2.07. The van der Waals surface area contributed by atoms with E-state index in [0.29, 0.717) is 17.2 Å². The number of aryl methyl sites for hydroxylation is 2. The Labute approximate surface area is 128 Å². The van der Waals surface area contributed by atoms with Crippen molar-refractivity contribution in [1.82, 2.24) is 15.1 Å². The molecule has 2 rings (SSSR count). The maximum Gasteiger partial charge on any atom is 0.263 e. The van der Waals surface area contributed by atoms with E-state index in [-0.39, 0.29) is 11.9 Å². The lowest BCUT2D eigenvalue weighted by Crippen LogP contribution is -2.37. The first kappa shape index (κ1) is 15.8. The van der Waals surface area contributed by atoms with Gasteiger partial charge in [-0.1, -0.05) is 13.3 Å². The molecule has 116 valence electrons. The molecule has 3 N–H and O–H groups in total. The number of rotatable bonds is 6. The first-order valence-corrected chi connectivity index (χ1v) is 7.82. The summed E-state index contributed by atoms with van der Waals surface area (Å²) in [6, 6.07) is 0.0105. The van der Waals surface area contributed by atoms with Crippen LogP contribution in [0.1, 0.15) is 35.1 Å². The van der Waals surface area contributed by atoms with Crippen LogP contribution in [-0.4, -0.2) is 35.4 Å². The van der Waals surface area contributed by atoms with Crippen LogP contribution in [0.15, 0.2) is 0 Å². The van der Waals surface area contributed by atoms with Crippen molar-refractivity contribution >= 4 is 33.1 Å². The van der Waals surface area contributed by atoms with Crippen LogP contribution < -0.4 is 11.1 Å². The number of thiophene rings is 1. The van der Waals surface area contributed by atoms with Gasteiger partial charge in [-0.15, -0.1) is 11.3 Å². The van der Waals surface area contributed by atoms with E-state index >= 15 is 0 Å². The number of ether oxygens (including phenoxy) is 1. The first-order chi connectivity index (χ1) is 9.99. The summed E-state index contributed by atoms with van der Waals surface area (Å²) in [7, 11) is 3.50. The van der Waals surface area contributed by atoms with Crippen molar-refractivity contribution in [3.05, 3.63) is 10.6 Å². The third kappa shape index (κ3) is 3.03. The lowest BCUT2D eigenvalue weighted by Gasteiger charge is -2.16. The molecule has 0 fully saturated rings. The highest BCUT2D eigenvalue weighted by Gasteiger charge is 2.22. The van der Waals surface area contributed by atoms with Crippen LogP contribution in [0.5, 0.6) is 0 Å². The Kier molecular flexibility index (Phi) is 4.84. The molecular formula is C14H22N4O2S. The van der Waals surface area contributed by atoms with Gasteiger partial charge in [-0.05, 0) is 13.3 Å². The SMILES string of the molecule is CCCC(COC)NC(=O)c1sc2c(c(C)nn2C)c1N. The molecular weight excluding hydrogens is 288 g/mol. The Morgan fingerprint density at radius 2 is 2.29 bits per heavy atom. The van der Waals surface area contributed by atoms with Crippen molar-refractivity contribution in [1.29, 1.82) is 0 Å². The molecule has 0 saturated carbocycles. The molecule has 2 heterocycles. The number of hydrogen-bond acceptors (Lipinski definition) is 5. The van der Waals surface area contributed by atoms with Gasteiger partial charge < -0.3 is 15.8 Å². The van der Waals surface area contributed by atoms with Crippen molar-refractivity contribution in [2.45, 2.75) is 32.7 Å². The number of amides is 1. The maximum absolute atomic E-state index is 12.4. The van der Waals surface area contributed by atoms with E-state index in [1.54, 1.807) is 11.8 Å². The van der Waals surface area contributed by atoms with Gasteiger partial charge in [0.2, 0.25) is 0 Å². The van der Waals surface area contributed by atoms with E-state index in [9.17, 15) is 4.79 Å². The predicted molar refractivity (Wildman–Crippen MR) is 85.8 cm³/mol. The molecule has 7 heteroatoms. The highest BCUT2D eigenvalue weighted by atomic mass is 32.1. The summed E-state index contributed by atoms with van der Waals surface area (Å²) >= 11 is 1.38. The second-order valence-electron chi connectivity index (χ2n) is 5.15. The maximum atomic E-state index is 12.4. The molecule has 0 radical (unpaired) electrons. The van der Waals surface area contributed by atoms with Crippen LogP contribution in [0.25, 0.3) is 10.2 Å². The number of methoxy groups -OCH3 is 1. The number of nitrogen functional groups attached to an aromatic ring is 1. The molecule has 0 spiro atoms. The average Bonchev–Trinajstić information content (AvgIpc) is 2.90. The number of nitrogens with two attached hydrogens (primary N) is 1. The number of carbonyl (C=O) groups is 1. The summed E-state index contributed by atoms with van der Waals surface area (Å²) < 4.78 is 6.91. The van der Waals surface area contributed by atoms with Crippen LogP contribution in [0.3, 0.4) is 0 Å². The fraction of sp³-hybridized carbons (Fsp3) is 0.571. The van der Waals surface area contributed by atoms with Gasteiger partial charge in [0, 0.05) is 14.2 Å². The Morgan fingerprint density at radius 3 is 2.86 bits per heavy atom. The molecule has 1 atom stereocenters. The normalized spacial score (nSPS) is 12.8. The third-order valence-corrected chi connectivity index (χ3v) is 4.70. The second-order valence-corrected chi connectivity index (χ2v) is 6.15. The van der Waals surface area contributed by atoms with Gasteiger partial charge in [0.05, 0.1) is 29.4 Å². The zero-order valence-electron chi connectivity index (χ0n) is 12.9. The quantitative estimate of drug-likeness (QED) is 0.855. The first-order valence-electron chi connectivity index (χ1n) is 7.00. The number of nitrogens with one attached hydrogen (secondary N) is 1. The monoisotopic (exact) mass is 310 g/mol. The molecule has 2 aromatic rings. The van der Waals surface area contributed by atoms with E-state index in [0.717, 1.165) is 28.8 Å². The summed E-state index contributed by atoms with van der Waals surface area (Å²) in [5.74, 6) is -0.136. The minimum Gasteiger partial charge on any atom is -0.397 e. The van der Waals surface area contributed by atoms with Crippen molar-refractivity contribution in [2.75, 3.05) is 19.5 Å². The highest BCUT2D eigenvalue weighted by Crippen LogP contribution is 2.35. The van der Waals surface area contributed by atoms with Crippen molar-refractivity contribution in [3.63, 3.8) is 0 Å². The Balaban J connectivity index is 2.27. The van der Waals surface area contributed by atoms with Gasteiger partial charge in [0.15, 0.2) is 0 Å². The standard InChI is InChI=1S/C14H22N4O2S/c1-5-6-9(7-20-4)16-13(19)12-11(15)10-8(2)17-18(3)14(10)21-12/h9H,5-7,15H2,1-4H3,(H,16,19). The highest BCUT2D eigenvalue weighted by molar-refractivity contribution is 7.21. The number of carbonyl (C=O) groups excluding carboxylic acids is 1. The molecule has 0 aliphatic heterocycles. The average molecular weight is 310 g/mol. The van der Waals surface area contributed by atoms with Crippen LogP contribution in [-0.2, 0) is 11.8 Å². The van der Waals surface area contributed by atoms with Gasteiger partial charge in [-0.3, -0.25) is 9.48 Å². The summed E-state index contributed by atoms with van der Waals surface area (Å²) in [4.78, 5) is 13.9. The van der Waals surface area contributed by atoms with E-state index < -0.39 is 0 Å². The minimum absolute atomic E-state index is 0.0105. The van der Waals surface area contributed by atoms with Crippen molar-refractivity contribution in [3.8, 4) is 0 Å². The summed E-state index contributed by atoms with van der Waals surface area (Å²) in [6.45, 7) is 4.49. The second kappa shape index (κ2) is 6.44. The molecule has 0 aliphatic rings. The fourth-order valence-corrected chi connectivity index (χ4v) is 3.59. The third-order valence-electron chi connectivity index (χ3n) is 3.43. The van der Waals surface area contributed by atoms with Crippen molar-refractivity contribution in [2.24, 2.45) is 7.05 Å². The molecule has 0 saturated heterocycles. The van der Waals surface area contributed by atoms with E-state index in [4.69, 9.17) is 10.5 Å². The lowest BCUT2D eigenvalue weighted by molar-refractivity contribution is 0.0896. The molecule has 0 aromatic carbocycles. The summed E-state index contributed by atoms with van der Waals surface area (Å²) in [6.07, 6.45) is 1.87. The van der Waals surface area contributed by atoms with Crippen LogP contribution in [0, 0.1) is 6.92 Å². The molecule has 21 heavy (non-hydrogen) atoms. The van der Waals surface area contributed by atoms with E-state index in [2.05, 4.69) is 17.3 Å². The van der Waals surface area contributed by atoms with Crippen LogP contribution in [0.2, 0.25) is 0 Å². The molecule has 0 aliphatic carbocycles. The summed E-state index contributed by atoms with van der Waals surface area (Å²) in [5, 5.41) is 8.21. The van der Waals surface area contributed by atoms with Crippen LogP contribution in [0.4, 0.5) is 5.69 Å². The van der Waals surface area contributed by atoms with Crippen LogP contribution >= 0.6 is 11.3 Å². The van der Waals surface area contributed by atoms with Gasteiger partial charge >= 0.3 is 0 Å². The molecule has 6 nitrogen and oxygen atoms in total. The van der Waals surface area contributed by atoms with E-state index in [1.807, 2.05) is 14.0 Å². The van der Waals surface area contributed by atoms with Gasteiger partial charge in [-0.2, -0.15) is 5.10 Å².